The third kappa shape index (κ3) is 8.47. The lowest BCUT2D eigenvalue weighted by Gasteiger charge is -2.51. The number of carbonyl (C=O) groups excluding carboxylic acids is 1. The third-order valence-electron chi connectivity index (χ3n) is 12.7. The van der Waals surface area contributed by atoms with Crippen molar-refractivity contribution in [2.45, 2.75) is 126 Å². The van der Waals surface area contributed by atoms with Gasteiger partial charge in [0.25, 0.3) is 0 Å². The minimum Gasteiger partial charge on any atom is -0.507 e. The van der Waals surface area contributed by atoms with Crippen molar-refractivity contribution in [2.75, 3.05) is 6.61 Å². The maximum absolute atomic E-state index is 14.1. The van der Waals surface area contributed by atoms with Crippen molar-refractivity contribution >= 4 is 22.9 Å². The number of carboxylic acid groups (broad SMARTS) is 1. The highest BCUT2D eigenvalue weighted by molar-refractivity contribution is 5.89. The molecule has 22 nitrogen and oxygen atoms in total. The van der Waals surface area contributed by atoms with Crippen molar-refractivity contribution in [3.05, 3.63) is 69.0 Å². The van der Waals surface area contributed by atoms with E-state index in [1.54, 1.807) is 12.3 Å². The Labute approximate surface area is 375 Å². The summed E-state index contributed by atoms with van der Waals surface area (Å²) >= 11 is 0. The number of phenolic OH excluding ortho intramolecular Hbond substituents is 3. The molecular weight excluding hydrogens is 876 g/mol. The number of benzene rings is 2. The van der Waals surface area contributed by atoms with Crippen LogP contribution in [-0.4, -0.2) is 147 Å². The Hall–Kier alpha value is -5.37. The average Bonchev–Trinajstić information content (AvgIpc) is 3.39. The molecule has 0 aliphatic carbocycles. The van der Waals surface area contributed by atoms with Crippen molar-refractivity contribution in [2.24, 2.45) is 17.6 Å². The topological polar surface area (TPSA) is 382 Å². The second-order valence-electron chi connectivity index (χ2n) is 17.4. The van der Waals surface area contributed by atoms with E-state index in [0.29, 0.717) is 18.4 Å². The average molecular weight is 931 g/mol. The number of fused-ring (bicyclic) bond motifs is 2. The number of ether oxygens (including phenoxy) is 4. The Kier molecular flexibility index (Phi) is 13.5. The minimum atomic E-state index is -3.56. The molecule has 0 amide bonds. The second kappa shape index (κ2) is 18.4. The first-order valence-corrected chi connectivity index (χ1v) is 21.3. The number of aliphatic hydroxyl groups is 8. The Bertz CT molecular complexity index is 2490. The molecule has 2 aromatic carbocycles. The molecule has 12 atom stereocenters. The van der Waals surface area contributed by atoms with Crippen LogP contribution >= 0.6 is 0 Å². The van der Waals surface area contributed by atoms with Gasteiger partial charge in [-0.2, -0.15) is 0 Å². The highest BCUT2D eigenvalue weighted by atomic mass is 16.8. The van der Waals surface area contributed by atoms with Crippen LogP contribution in [0.1, 0.15) is 63.5 Å². The summed E-state index contributed by atoms with van der Waals surface area (Å²) in [6.45, 7) is 5.26. The summed E-state index contributed by atoms with van der Waals surface area (Å²) in [4.78, 5) is 40.0. The Morgan fingerprint density at radius 1 is 0.985 bits per heavy atom. The van der Waals surface area contributed by atoms with Crippen molar-refractivity contribution in [3.8, 4) is 34.3 Å². The van der Waals surface area contributed by atoms with Gasteiger partial charge in [0, 0.05) is 53.5 Å². The number of carboxylic acids is 1. The first kappa shape index (κ1) is 48.6. The molecule has 3 aromatic rings. The van der Waals surface area contributed by atoms with Gasteiger partial charge in [-0.05, 0) is 54.9 Å². The molecule has 1 unspecified atom stereocenters. The van der Waals surface area contributed by atoms with Crippen LogP contribution in [0.25, 0.3) is 22.3 Å². The van der Waals surface area contributed by atoms with Crippen LogP contribution in [-0.2, 0) is 30.2 Å². The van der Waals surface area contributed by atoms with Crippen molar-refractivity contribution in [1.29, 1.82) is 0 Å². The number of esters is 1. The number of nitrogens with two attached hydrogens (primary N) is 1. The van der Waals surface area contributed by atoms with E-state index in [1.165, 1.54) is 12.1 Å². The van der Waals surface area contributed by atoms with Crippen LogP contribution in [0.5, 0.6) is 23.0 Å². The fraction of sp³-hybridized carbons (Fsp3) is 0.523. The maximum atomic E-state index is 14.1. The molecule has 1 aromatic heterocycles. The predicted molar refractivity (Wildman–Crippen MR) is 224 cm³/mol. The number of aliphatic carboxylic acids is 1. The zero-order chi connectivity index (χ0) is 48.3. The maximum Gasteiger partial charge on any atom is 0.340 e. The van der Waals surface area contributed by atoms with Gasteiger partial charge >= 0.3 is 11.9 Å². The van der Waals surface area contributed by atoms with Gasteiger partial charge in [0.15, 0.2) is 23.0 Å². The molecule has 66 heavy (non-hydrogen) atoms. The van der Waals surface area contributed by atoms with E-state index in [2.05, 4.69) is 5.32 Å². The van der Waals surface area contributed by atoms with Gasteiger partial charge in [0.05, 0.1) is 6.17 Å². The van der Waals surface area contributed by atoms with Crippen LogP contribution < -0.4 is 21.2 Å². The van der Waals surface area contributed by atoms with E-state index >= 15 is 0 Å². The fourth-order valence-corrected chi connectivity index (χ4v) is 9.07. The Balaban J connectivity index is 1.41. The van der Waals surface area contributed by atoms with E-state index in [0.717, 1.165) is 17.7 Å². The molecule has 0 saturated carbocycles. The van der Waals surface area contributed by atoms with Crippen LogP contribution in [0, 0.1) is 11.8 Å². The number of allylic oxidation sites excluding steroid dienone is 2. The number of aromatic hydroxyl groups is 3. The van der Waals surface area contributed by atoms with Gasteiger partial charge in [-0.25, -0.2) is 9.59 Å². The molecule has 5 heterocycles. The third-order valence-corrected chi connectivity index (χ3v) is 12.7. The molecule has 15 N–H and O–H groups in total. The predicted octanol–water partition coefficient (Wildman–Crippen LogP) is -0.928. The second-order valence-corrected chi connectivity index (χ2v) is 17.4. The number of nitrogens with one attached hydrogen (secondary N) is 1. The van der Waals surface area contributed by atoms with Crippen molar-refractivity contribution in [1.82, 2.24) is 5.32 Å². The Morgan fingerprint density at radius 2 is 1.70 bits per heavy atom. The van der Waals surface area contributed by atoms with E-state index < -0.39 is 120 Å². The molecule has 2 fully saturated rings. The number of dihydropyridines is 1. The number of aliphatic hydroxyl groups excluding tert-OH is 6. The van der Waals surface area contributed by atoms with Crippen LogP contribution in [0.4, 0.5) is 0 Å². The first-order chi connectivity index (χ1) is 31.1. The smallest absolute Gasteiger partial charge is 0.340 e. The highest BCUT2D eigenvalue weighted by Gasteiger charge is 2.64. The van der Waals surface area contributed by atoms with E-state index in [4.69, 9.17) is 29.1 Å². The van der Waals surface area contributed by atoms with Gasteiger partial charge in [-0.15, -0.1) is 0 Å². The summed E-state index contributed by atoms with van der Waals surface area (Å²) in [5, 5.41) is 132. The number of hydrogen-bond acceptors (Lipinski definition) is 21. The summed E-state index contributed by atoms with van der Waals surface area (Å²) in [5.74, 6) is -14.1. The van der Waals surface area contributed by atoms with Crippen molar-refractivity contribution in [3.63, 3.8) is 0 Å². The van der Waals surface area contributed by atoms with E-state index in [9.17, 15) is 75.7 Å². The number of carbonyl (C=O) groups is 2. The number of rotatable bonds is 11. The standard InChI is InChI=1S/C44H54N2O20/c1-4-17-9-20(15-46-39(17)45)22-12-21(6-5-16(2)3)44(37(56)33(53)32(52)35(66-44)41(59)64-42-34(54)36(55)43(60,61)38(63-42)40(57)58)65-27-14-26-29(31(51)28(22)27)23(48)13-25(62-26)19-10-18(7-8-47)30(50)24(49)11-19/h9-11,13-16,21-22,32-39,42,46-47,49-56,60-61H,4-8,12,45H2,1-3H3,(H,57,58)/t21-,22+,32-,33-,34+,35-,36+,37+,38+,39?,42+,44-/m0/s1. The molecule has 360 valence electrons. The summed E-state index contributed by atoms with van der Waals surface area (Å²) in [6, 6.07) is 4.73. The molecule has 0 radical (unpaired) electrons. The summed E-state index contributed by atoms with van der Waals surface area (Å²) < 4.78 is 29.3. The zero-order valence-electron chi connectivity index (χ0n) is 35.8. The lowest BCUT2D eigenvalue weighted by atomic mass is 9.74. The molecule has 7 rings (SSSR count). The Morgan fingerprint density at radius 3 is 2.35 bits per heavy atom. The minimum absolute atomic E-state index is 0.0135. The molecule has 4 aliphatic heterocycles. The van der Waals surface area contributed by atoms with Gasteiger partial charge in [-0.1, -0.05) is 33.3 Å². The monoisotopic (exact) mass is 930 g/mol. The zero-order valence-corrected chi connectivity index (χ0v) is 35.8. The van der Waals surface area contributed by atoms with Gasteiger partial charge in [-0.3, -0.25) is 4.79 Å². The molecule has 0 bridgehead atoms. The first-order valence-electron chi connectivity index (χ1n) is 21.3. The SMILES string of the molecule is CCC1=CC([C@H]2C[C@H](CCC(C)C)[C@]3(Oc4cc5oc(-c6cc(O)c(O)c(CCO)c6)cc(=O)c5c(O)c42)O[C@H](C(=O)O[C@H]2O[C@H](C(=O)O)C(O)(O)[C@H](O)[C@H]2O)[C@@H](O)[C@H](O)[C@H]3O)=CNC1N. The van der Waals surface area contributed by atoms with Crippen LogP contribution in [0.3, 0.4) is 0 Å². The van der Waals surface area contributed by atoms with Crippen LogP contribution in [0.2, 0.25) is 0 Å². The van der Waals surface area contributed by atoms with Crippen molar-refractivity contribution < 1.29 is 94.2 Å². The van der Waals surface area contributed by atoms with Gasteiger partial charge in [0.2, 0.25) is 24.0 Å². The van der Waals surface area contributed by atoms with Crippen LogP contribution in [0.15, 0.2) is 56.9 Å². The van der Waals surface area contributed by atoms with E-state index in [1.807, 2.05) is 20.8 Å². The lowest BCUT2D eigenvalue weighted by molar-refractivity contribution is -0.377. The summed E-state index contributed by atoms with van der Waals surface area (Å²) in [5.41, 5.74) is 6.67. The number of hydrogen-bond donors (Lipinski definition) is 14. The quantitative estimate of drug-likeness (QED) is 0.0627. The fourth-order valence-electron chi connectivity index (χ4n) is 9.07. The summed E-state index contributed by atoms with van der Waals surface area (Å²) in [6.07, 6.45) is -15.8. The summed E-state index contributed by atoms with van der Waals surface area (Å²) in [7, 11) is 0. The molecular formula is C44H54N2O20. The molecule has 1 spiro atoms. The largest absolute Gasteiger partial charge is 0.507 e. The molecule has 4 aliphatic rings. The van der Waals surface area contributed by atoms with E-state index in [-0.39, 0.29) is 64.3 Å². The van der Waals surface area contributed by atoms with Gasteiger partial charge in [0.1, 0.15) is 58.7 Å². The highest BCUT2D eigenvalue weighted by Crippen LogP contribution is 2.55. The molecule has 2 saturated heterocycles. The number of phenols is 3. The lowest BCUT2D eigenvalue weighted by Crippen LogP contribution is -2.71. The molecule has 22 heteroatoms. The van der Waals surface area contributed by atoms with Gasteiger partial charge < -0.3 is 95.7 Å². The normalized spacial score (nSPS) is 31.9.